The third-order valence-corrected chi connectivity index (χ3v) is 1.33. The minimum atomic E-state index is -1.08. The van der Waals surface area contributed by atoms with Gasteiger partial charge >= 0.3 is 5.97 Å². The van der Waals surface area contributed by atoms with E-state index in [1.54, 1.807) is 0 Å². The number of ether oxygens (including phenoxy) is 1. The highest BCUT2D eigenvalue weighted by atomic mass is 16.5. The average Bonchev–Trinajstić information content (AvgIpc) is 1.96. The lowest BCUT2D eigenvalue weighted by Gasteiger charge is -2.20. The van der Waals surface area contributed by atoms with Crippen LogP contribution in [0.2, 0.25) is 0 Å². The Kier molecular flexibility index (Phi) is 4.56. The van der Waals surface area contributed by atoms with Crippen LogP contribution < -0.4 is 5.32 Å². The minimum Gasteiger partial charge on any atom is -0.479 e. The maximum absolute atomic E-state index is 11.2. The Morgan fingerprint density at radius 3 is 2.29 bits per heavy atom. The molecular weight excluding hydrogens is 186 g/mol. The van der Waals surface area contributed by atoms with Gasteiger partial charge in [0.1, 0.15) is 6.61 Å². The third-order valence-electron chi connectivity index (χ3n) is 1.33. The number of nitrogens with one attached hydrogen (secondary N) is 1. The second-order valence-electron chi connectivity index (χ2n) is 4.09. The zero-order chi connectivity index (χ0) is 11.4. The maximum atomic E-state index is 11.2. The second kappa shape index (κ2) is 4.95. The highest BCUT2D eigenvalue weighted by Crippen LogP contribution is 1.98. The lowest BCUT2D eigenvalue weighted by molar-refractivity contribution is -0.151. The van der Waals surface area contributed by atoms with Gasteiger partial charge in [0.05, 0.1) is 0 Å². The van der Waals surface area contributed by atoms with E-state index < -0.39 is 12.1 Å². The molecule has 1 amide bonds. The highest BCUT2D eigenvalue weighted by Gasteiger charge is 2.16. The Labute approximate surface area is 83.4 Å². The van der Waals surface area contributed by atoms with Gasteiger partial charge in [-0.15, -0.1) is 0 Å². The monoisotopic (exact) mass is 203 g/mol. The van der Waals surface area contributed by atoms with Crippen molar-refractivity contribution < 1.29 is 19.4 Å². The smallest absolute Gasteiger partial charge is 0.332 e. The van der Waals surface area contributed by atoms with Gasteiger partial charge in [0.25, 0.3) is 0 Å². The van der Waals surface area contributed by atoms with Crippen LogP contribution in [0.1, 0.15) is 27.7 Å². The minimum absolute atomic E-state index is 0.231. The molecule has 0 aliphatic carbocycles. The van der Waals surface area contributed by atoms with Gasteiger partial charge in [-0.3, -0.25) is 4.79 Å². The van der Waals surface area contributed by atoms with Gasteiger partial charge in [-0.05, 0) is 27.7 Å². The number of carboxylic acids is 1. The molecule has 0 heterocycles. The number of hydrogen-bond acceptors (Lipinski definition) is 3. The van der Waals surface area contributed by atoms with Gasteiger partial charge in [0, 0.05) is 5.54 Å². The van der Waals surface area contributed by atoms with Crippen molar-refractivity contribution >= 4 is 11.9 Å². The molecular formula is C9H17NO4. The van der Waals surface area contributed by atoms with Crippen molar-refractivity contribution in [3.63, 3.8) is 0 Å². The lowest BCUT2D eigenvalue weighted by Crippen LogP contribution is -2.43. The summed E-state index contributed by atoms with van der Waals surface area (Å²) < 4.78 is 4.80. The van der Waals surface area contributed by atoms with Crippen molar-refractivity contribution in [1.82, 2.24) is 5.32 Å². The van der Waals surface area contributed by atoms with Crippen molar-refractivity contribution in [2.45, 2.75) is 39.3 Å². The lowest BCUT2D eigenvalue weighted by atomic mass is 10.1. The first-order valence-electron chi connectivity index (χ1n) is 4.38. The summed E-state index contributed by atoms with van der Waals surface area (Å²) in [6, 6.07) is 0. The molecule has 0 saturated heterocycles. The van der Waals surface area contributed by atoms with Crippen LogP contribution >= 0.6 is 0 Å². The zero-order valence-corrected chi connectivity index (χ0v) is 8.96. The van der Waals surface area contributed by atoms with Crippen LogP contribution in [-0.2, 0) is 14.3 Å². The van der Waals surface area contributed by atoms with Gasteiger partial charge in [-0.2, -0.15) is 0 Å². The fourth-order valence-electron chi connectivity index (χ4n) is 0.726. The van der Waals surface area contributed by atoms with E-state index in [1.807, 2.05) is 20.8 Å². The Morgan fingerprint density at radius 1 is 1.43 bits per heavy atom. The first kappa shape index (κ1) is 12.9. The van der Waals surface area contributed by atoms with Crippen LogP contribution in [0, 0.1) is 0 Å². The van der Waals surface area contributed by atoms with Crippen LogP contribution in [0.15, 0.2) is 0 Å². The maximum Gasteiger partial charge on any atom is 0.332 e. The van der Waals surface area contributed by atoms with E-state index >= 15 is 0 Å². The molecule has 0 saturated carbocycles. The van der Waals surface area contributed by atoms with Gasteiger partial charge in [0.2, 0.25) is 5.91 Å². The molecule has 0 bridgehead atoms. The molecule has 0 rings (SSSR count). The molecule has 5 nitrogen and oxygen atoms in total. The normalized spacial score (nSPS) is 13.4. The predicted molar refractivity (Wildman–Crippen MR) is 50.9 cm³/mol. The predicted octanol–water partition coefficient (Wildman–Crippen LogP) is 0.391. The van der Waals surface area contributed by atoms with Gasteiger partial charge in [0.15, 0.2) is 6.10 Å². The molecule has 5 heteroatoms. The van der Waals surface area contributed by atoms with E-state index in [1.165, 1.54) is 6.92 Å². The quantitative estimate of drug-likeness (QED) is 0.693. The third kappa shape index (κ3) is 6.42. The summed E-state index contributed by atoms with van der Waals surface area (Å²) >= 11 is 0. The molecule has 0 aromatic carbocycles. The standard InChI is InChI=1S/C9H17NO4/c1-6(8(12)13)14-5-7(11)10-9(2,3)4/h6H,5H2,1-4H3,(H,10,11)(H,12,13)/t6-/m1/s1. The summed E-state index contributed by atoms with van der Waals surface area (Å²) in [5.41, 5.74) is -0.326. The SMILES string of the molecule is C[C@@H](OCC(=O)NC(C)(C)C)C(=O)O. The van der Waals surface area contributed by atoms with Crippen LogP contribution in [-0.4, -0.2) is 35.2 Å². The van der Waals surface area contributed by atoms with Crippen LogP contribution in [0.4, 0.5) is 0 Å². The van der Waals surface area contributed by atoms with Crippen molar-refractivity contribution in [1.29, 1.82) is 0 Å². The molecule has 0 unspecified atom stereocenters. The summed E-state index contributed by atoms with van der Waals surface area (Å²) in [5.74, 6) is -1.39. The highest BCUT2D eigenvalue weighted by molar-refractivity contribution is 5.78. The Bertz CT molecular complexity index is 219. The summed E-state index contributed by atoms with van der Waals surface area (Å²) in [6.07, 6.45) is -0.958. The Balaban J connectivity index is 3.81. The summed E-state index contributed by atoms with van der Waals surface area (Å²) in [7, 11) is 0. The fraction of sp³-hybridized carbons (Fsp3) is 0.778. The number of carboxylic acid groups (broad SMARTS) is 1. The van der Waals surface area contributed by atoms with Crippen LogP contribution in [0.5, 0.6) is 0 Å². The van der Waals surface area contributed by atoms with E-state index in [2.05, 4.69) is 5.32 Å². The number of carbonyl (C=O) groups excluding carboxylic acids is 1. The van der Waals surface area contributed by atoms with Crippen LogP contribution in [0.3, 0.4) is 0 Å². The molecule has 0 aromatic rings. The molecule has 82 valence electrons. The van der Waals surface area contributed by atoms with E-state index in [0.29, 0.717) is 0 Å². The first-order chi connectivity index (χ1) is 6.22. The fourth-order valence-corrected chi connectivity index (χ4v) is 0.726. The van der Waals surface area contributed by atoms with E-state index in [-0.39, 0.29) is 18.1 Å². The van der Waals surface area contributed by atoms with Crippen molar-refractivity contribution in [3.05, 3.63) is 0 Å². The van der Waals surface area contributed by atoms with Crippen molar-refractivity contribution in [3.8, 4) is 0 Å². The zero-order valence-electron chi connectivity index (χ0n) is 8.96. The van der Waals surface area contributed by atoms with E-state index in [9.17, 15) is 9.59 Å². The second-order valence-corrected chi connectivity index (χ2v) is 4.09. The van der Waals surface area contributed by atoms with E-state index in [4.69, 9.17) is 9.84 Å². The topological polar surface area (TPSA) is 75.6 Å². The molecule has 0 spiro atoms. The molecule has 0 radical (unpaired) electrons. The molecule has 0 aliphatic heterocycles. The number of aliphatic carboxylic acids is 1. The average molecular weight is 203 g/mol. The summed E-state index contributed by atoms with van der Waals surface area (Å²) in [6.45, 7) is 6.67. The Hall–Kier alpha value is -1.10. The number of amides is 1. The molecule has 14 heavy (non-hydrogen) atoms. The van der Waals surface area contributed by atoms with Crippen molar-refractivity contribution in [2.75, 3.05) is 6.61 Å². The molecule has 2 N–H and O–H groups in total. The molecule has 1 atom stereocenters. The van der Waals surface area contributed by atoms with Crippen LogP contribution in [0.25, 0.3) is 0 Å². The molecule has 0 aliphatic rings. The van der Waals surface area contributed by atoms with Crippen molar-refractivity contribution in [2.24, 2.45) is 0 Å². The molecule has 0 aromatic heterocycles. The molecule has 0 fully saturated rings. The number of hydrogen-bond donors (Lipinski definition) is 2. The van der Waals surface area contributed by atoms with Gasteiger partial charge in [-0.25, -0.2) is 4.79 Å². The summed E-state index contributed by atoms with van der Waals surface area (Å²) in [4.78, 5) is 21.5. The first-order valence-corrected chi connectivity index (χ1v) is 4.38. The number of rotatable bonds is 4. The summed E-state index contributed by atoms with van der Waals surface area (Å²) in [5, 5.41) is 11.1. The number of carbonyl (C=O) groups is 2. The Morgan fingerprint density at radius 2 is 1.93 bits per heavy atom. The van der Waals surface area contributed by atoms with E-state index in [0.717, 1.165) is 0 Å². The van der Waals surface area contributed by atoms with Gasteiger partial charge in [-0.1, -0.05) is 0 Å². The largest absolute Gasteiger partial charge is 0.479 e. The van der Waals surface area contributed by atoms with Gasteiger partial charge < -0.3 is 15.2 Å².